The van der Waals surface area contributed by atoms with Crippen LogP contribution >= 0.6 is 0 Å². The molecule has 0 bridgehead atoms. The summed E-state index contributed by atoms with van der Waals surface area (Å²) in [6.45, 7) is 3.57. The summed E-state index contributed by atoms with van der Waals surface area (Å²) in [4.78, 5) is 11.4. The van der Waals surface area contributed by atoms with E-state index in [0.717, 1.165) is 38.6 Å². The van der Waals surface area contributed by atoms with Gasteiger partial charge in [-0.25, -0.2) is 0 Å². The Hall–Kier alpha value is -0.570. The molecule has 3 heteroatoms. The third-order valence-corrected chi connectivity index (χ3v) is 3.10. The Morgan fingerprint density at radius 3 is 2.22 bits per heavy atom. The summed E-state index contributed by atoms with van der Waals surface area (Å²) >= 11 is 0. The highest BCUT2D eigenvalue weighted by Gasteiger charge is 2.01. The maximum atomic E-state index is 11.4. The van der Waals surface area contributed by atoms with E-state index >= 15 is 0 Å². The highest BCUT2D eigenvalue weighted by molar-refractivity contribution is 5.69. The maximum Gasteiger partial charge on any atom is 0.305 e. The molecule has 3 nitrogen and oxygen atoms in total. The topological polar surface area (TPSA) is 52.3 Å². The van der Waals surface area contributed by atoms with Crippen LogP contribution in [0, 0.1) is 0 Å². The summed E-state index contributed by atoms with van der Waals surface area (Å²) < 4.78 is 5.19. The van der Waals surface area contributed by atoms with Crippen LogP contribution in [0.5, 0.6) is 0 Å². The number of carbonyl (C=O) groups excluding carboxylic acids is 1. The van der Waals surface area contributed by atoms with Gasteiger partial charge in [0.05, 0.1) is 6.61 Å². The largest absolute Gasteiger partial charge is 0.466 e. The Balaban J connectivity index is 3.12. The fourth-order valence-electron chi connectivity index (χ4n) is 1.91. The average molecular weight is 257 g/mol. The minimum atomic E-state index is -0.0312. The van der Waals surface area contributed by atoms with Gasteiger partial charge in [0.25, 0.3) is 0 Å². The molecule has 0 saturated heterocycles. The summed E-state index contributed by atoms with van der Waals surface area (Å²) in [6.07, 6.45) is 12.2. The lowest BCUT2D eigenvalue weighted by atomic mass is 10.1. The van der Waals surface area contributed by atoms with Gasteiger partial charge in [0.15, 0.2) is 0 Å². The first kappa shape index (κ1) is 17.4. The molecule has 2 N–H and O–H groups in total. The molecule has 0 aromatic heterocycles. The third kappa shape index (κ3) is 13.5. The molecule has 0 aliphatic rings. The standard InChI is InChI=1S/C15H31NO2/c1-2-3-4-5-8-11-14-18-15(17)12-9-6-7-10-13-16/h2-14,16H2,1H3. The van der Waals surface area contributed by atoms with E-state index in [1.807, 2.05) is 0 Å². The molecule has 0 fully saturated rings. The van der Waals surface area contributed by atoms with E-state index in [-0.39, 0.29) is 5.97 Å². The Labute approximate surface area is 112 Å². The summed E-state index contributed by atoms with van der Waals surface area (Å²) in [5.74, 6) is -0.0312. The molecule has 0 radical (unpaired) electrons. The van der Waals surface area contributed by atoms with Gasteiger partial charge in [0, 0.05) is 6.42 Å². The molecule has 0 aromatic rings. The van der Waals surface area contributed by atoms with E-state index in [9.17, 15) is 4.79 Å². The van der Waals surface area contributed by atoms with Crippen LogP contribution in [0.3, 0.4) is 0 Å². The smallest absolute Gasteiger partial charge is 0.305 e. The highest BCUT2D eigenvalue weighted by Crippen LogP contribution is 2.06. The summed E-state index contributed by atoms with van der Waals surface area (Å²) in [5, 5.41) is 0. The second kappa shape index (κ2) is 14.5. The summed E-state index contributed by atoms with van der Waals surface area (Å²) in [5.41, 5.74) is 5.40. The quantitative estimate of drug-likeness (QED) is 0.403. The average Bonchev–Trinajstić information content (AvgIpc) is 2.37. The molecular weight excluding hydrogens is 226 g/mol. The molecule has 0 rings (SSSR count). The predicted octanol–water partition coefficient (Wildman–Crippen LogP) is 3.80. The van der Waals surface area contributed by atoms with Crippen molar-refractivity contribution >= 4 is 5.97 Å². The van der Waals surface area contributed by atoms with Crippen molar-refractivity contribution in [3.05, 3.63) is 0 Å². The molecular formula is C15H31NO2. The fraction of sp³-hybridized carbons (Fsp3) is 0.933. The molecule has 108 valence electrons. The maximum absolute atomic E-state index is 11.4. The van der Waals surface area contributed by atoms with Gasteiger partial charge in [-0.1, -0.05) is 51.9 Å². The predicted molar refractivity (Wildman–Crippen MR) is 76.5 cm³/mol. The van der Waals surface area contributed by atoms with E-state index < -0.39 is 0 Å². The zero-order chi connectivity index (χ0) is 13.5. The van der Waals surface area contributed by atoms with Crippen LogP contribution in [0.25, 0.3) is 0 Å². The SMILES string of the molecule is CCCCCCCCOC(=O)CCCCCCN. The molecule has 0 aromatic carbocycles. The van der Waals surface area contributed by atoms with Crippen LogP contribution in [-0.4, -0.2) is 19.1 Å². The molecule has 0 heterocycles. The third-order valence-electron chi connectivity index (χ3n) is 3.10. The van der Waals surface area contributed by atoms with E-state index in [4.69, 9.17) is 10.5 Å². The van der Waals surface area contributed by atoms with Crippen molar-refractivity contribution in [1.82, 2.24) is 0 Å². The number of hydrogen-bond acceptors (Lipinski definition) is 3. The first-order chi connectivity index (χ1) is 8.81. The van der Waals surface area contributed by atoms with Crippen molar-refractivity contribution in [3.63, 3.8) is 0 Å². The van der Waals surface area contributed by atoms with Gasteiger partial charge in [-0.15, -0.1) is 0 Å². The lowest BCUT2D eigenvalue weighted by Crippen LogP contribution is -2.05. The Kier molecular flexibility index (Phi) is 14.0. The van der Waals surface area contributed by atoms with Crippen LogP contribution in [0.15, 0.2) is 0 Å². The normalized spacial score (nSPS) is 10.6. The summed E-state index contributed by atoms with van der Waals surface area (Å²) in [7, 11) is 0. The molecule has 0 atom stereocenters. The van der Waals surface area contributed by atoms with Gasteiger partial charge in [-0.05, 0) is 25.8 Å². The van der Waals surface area contributed by atoms with Crippen LogP contribution in [0.1, 0.15) is 77.6 Å². The van der Waals surface area contributed by atoms with Crippen molar-refractivity contribution in [2.75, 3.05) is 13.2 Å². The molecule has 0 aliphatic carbocycles. The van der Waals surface area contributed by atoms with E-state index in [2.05, 4.69) is 6.92 Å². The minimum Gasteiger partial charge on any atom is -0.466 e. The Bertz CT molecular complexity index is 183. The molecule has 0 aliphatic heterocycles. The van der Waals surface area contributed by atoms with Crippen molar-refractivity contribution in [1.29, 1.82) is 0 Å². The molecule has 18 heavy (non-hydrogen) atoms. The minimum absolute atomic E-state index is 0.0312. The Morgan fingerprint density at radius 1 is 0.889 bits per heavy atom. The van der Waals surface area contributed by atoms with Crippen LogP contribution in [-0.2, 0) is 9.53 Å². The second-order valence-electron chi connectivity index (χ2n) is 4.94. The molecule has 0 saturated carbocycles. The first-order valence-electron chi connectivity index (χ1n) is 7.67. The van der Waals surface area contributed by atoms with Gasteiger partial charge in [0.2, 0.25) is 0 Å². The monoisotopic (exact) mass is 257 g/mol. The molecule has 0 unspecified atom stereocenters. The first-order valence-corrected chi connectivity index (χ1v) is 7.67. The van der Waals surface area contributed by atoms with Gasteiger partial charge < -0.3 is 10.5 Å². The van der Waals surface area contributed by atoms with Crippen molar-refractivity contribution in [2.45, 2.75) is 77.6 Å². The number of hydrogen-bond donors (Lipinski definition) is 1. The van der Waals surface area contributed by atoms with Crippen molar-refractivity contribution in [2.24, 2.45) is 5.73 Å². The van der Waals surface area contributed by atoms with Gasteiger partial charge in [0.1, 0.15) is 0 Å². The molecule has 0 amide bonds. The lowest BCUT2D eigenvalue weighted by molar-refractivity contribution is -0.143. The zero-order valence-electron chi connectivity index (χ0n) is 12.1. The van der Waals surface area contributed by atoms with Crippen LogP contribution in [0.2, 0.25) is 0 Å². The van der Waals surface area contributed by atoms with Gasteiger partial charge >= 0.3 is 5.97 Å². The number of esters is 1. The van der Waals surface area contributed by atoms with E-state index in [1.54, 1.807) is 0 Å². The number of nitrogens with two attached hydrogens (primary N) is 1. The summed E-state index contributed by atoms with van der Waals surface area (Å²) in [6, 6.07) is 0. The number of carbonyl (C=O) groups is 1. The van der Waals surface area contributed by atoms with Gasteiger partial charge in [-0.3, -0.25) is 4.79 Å². The van der Waals surface area contributed by atoms with Crippen LogP contribution in [0.4, 0.5) is 0 Å². The van der Waals surface area contributed by atoms with Crippen molar-refractivity contribution < 1.29 is 9.53 Å². The van der Waals surface area contributed by atoms with E-state index in [1.165, 1.54) is 32.1 Å². The van der Waals surface area contributed by atoms with Crippen molar-refractivity contribution in [3.8, 4) is 0 Å². The number of rotatable bonds is 13. The van der Waals surface area contributed by atoms with E-state index in [0.29, 0.717) is 13.0 Å². The number of unbranched alkanes of at least 4 members (excludes halogenated alkanes) is 8. The number of ether oxygens (including phenoxy) is 1. The Morgan fingerprint density at radius 2 is 1.50 bits per heavy atom. The second-order valence-corrected chi connectivity index (χ2v) is 4.94. The fourth-order valence-corrected chi connectivity index (χ4v) is 1.91. The van der Waals surface area contributed by atoms with Crippen LogP contribution < -0.4 is 5.73 Å². The zero-order valence-corrected chi connectivity index (χ0v) is 12.1. The highest BCUT2D eigenvalue weighted by atomic mass is 16.5. The van der Waals surface area contributed by atoms with Gasteiger partial charge in [-0.2, -0.15) is 0 Å². The lowest BCUT2D eigenvalue weighted by Gasteiger charge is -2.04. The molecule has 0 spiro atoms.